The van der Waals surface area contributed by atoms with Crippen LogP contribution in [0.3, 0.4) is 0 Å². The van der Waals surface area contributed by atoms with Crippen LogP contribution in [0.25, 0.3) is 0 Å². The Kier molecular flexibility index (Phi) is 16.1. The van der Waals surface area contributed by atoms with Crippen molar-refractivity contribution in [2.24, 2.45) is 32.9 Å². The number of aromatic nitrogens is 6. The van der Waals surface area contributed by atoms with Gasteiger partial charge in [-0.2, -0.15) is 24.9 Å². The summed E-state index contributed by atoms with van der Waals surface area (Å²) in [6.07, 6.45) is 5.83. The maximum absolute atomic E-state index is 6.24. The van der Waals surface area contributed by atoms with Crippen LogP contribution in [0.15, 0.2) is 34.3 Å². The lowest BCUT2D eigenvalue weighted by Gasteiger charge is -2.30. The number of anilines is 4. The smallest absolute Gasteiger partial charge is 0.230 e. The number of hydrogen-bond donors (Lipinski definition) is 8. The van der Waals surface area contributed by atoms with Crippen molar-refractivity contribution >= 4 is 35.5 Å². The van der Waals surface area contributed by atoms with E-state index in [0.29, 0.717) is 62.8 Å². The van der Waals surface area contributed by atoms with Gasteiger partial charge in [-0.3, -0.25) is 14.9 Å². The second-order valence-corrected chi connectivity index (χ2v) is 11.1. The van der Waals surface area contributed by atoms with E-state index in [9.17, 15) is 0 Å². The largest absolute Gasteiger partial charge is 0.384 e. The van der Waals surface area contributed by atoms with E-state index < -0.39 is 0 Å². The van der Waals surface area contributed by atoms with Crippen LogP contribution >= 0.6 is 0 Å². The summed E-state index contributed by atoms with van der Waals surface area (Å²) in [4.78, 5) is 36.8. The summed E-state index contributed by atoms with van der Waals surface area (Å²) in [6.45, 7) is 8.26. The van der Waals surface area contributed by atoms with Crippen LogP contribution in [-0.4, -0.2) is 98.5 Å². The molecule has 0 fully saturated rings. The number of aliphatic imine (C=N–C) groups is 2. The first-order chi connectivity index (χ1) is 23.3. The molecule has 3 rings (SSSR count). The molecule has 0 saturated heterocycles. The van der Waals surface area contributed by atoms with Gasteiger partial charge in [0.25, 0.3) is 0 Å². The van der Waals surface area contributed by atoms with Gasteiger partial charge in [0, 0.05) is 63.2 Å². The van der Waals surface area contributed by atoms with Gasteiger partial charge in [-0.25, -0.2) is 4.98 Å². The van der Waals surface area contributed by atoms with E-state index in [0.717, 1.165) is 74.3 Å². The van der Waals surface area contributed by atoms with E-state index in [2.05, 4.69) is 55.4 Å². The molecule has 1 atom stereocenters. The van der Waals surface area contributed by atoms with Crippen molar-refractivity contribution in [1.82, 2.24) is 34.8 Å². The molecule has 17 nitrogen and oxygen atoms in total. The lowest BCUT2D eigenvalue weighted by molar-refractivity contribution is 0.236. The third kappa shape index (κ3) is 12.8. The molecule has 2 heterocycles. The van der Waals surface area contributed by atoms with Gasteiger partial charge in [-0.15, -0.1) is 0 Å². The quantitative estimate of drug-likeness (QED) is 0.0314. The van der Waals surface area contributed by atoms with Crippen molar-refractivity contribution in [3.63, 3.8) is 0 Å². The molecule has 0 saturated carbocycles. The number of nitrogens with two attached hydrogens (primary N) is 6. The summed E-state index contributed by atoms with van der Waals surface area (Å²) in [7, 11) is 0. The van der Waals surface area contributed by atoms with Crippen LogP contribution in [0.4, 0.5) is 23.8 Å². The van der Waals surface area contributed by atoms with Crippen LogP contribution in [0.1, 0.15) is 68.7 Å². The number of nitrogens with zero attached hydrogens (tertiary/aromatic N) is 9. The number of hydrogen-bond acceptors (Lipinski definition) is 15. The highest BCUT2D eigenvalue weighted by Crippen LogP contribution is 2.11. The highest BCUT2D eigenvalue weighted by molar-refractivity contribution is 6.00. The fourth-order valence-corrected chi connectivity index (χ4v) is 4.84. The Morgan fingerprint density at radius 3 is 1.96 bits per heavy atom. The van der Waals surface area contributed by atoms with Crippen LogP contribution in [0.5, 0.6) is 0 Å². The Labute approximate surface area is 282 Å². The molecule has 17 heteroatoms. The zero-order valence-electron chi connectivity index (χ0n) is 28.3. The third-order valence-electron chi connectivity index (χ3n) is 7.46. The average molecular weight is 664 g/mol. The first-order valence-corrected chi connectivity index (χ1v) is 16.6. The van der Waals surface area contributed by atoms with E-state index in [1.165, 1.54) is 0 Å². The summed E-state index contributed by atoms with van der Waals surface area (Å²) in [5.41, 5.74) is 37.5. The summed E-state index contributed by atoms with van der Waals surface area (Å²) < 4.78 is 0. The Bertz CT molecular complexity index is 1440. The zero-order chi connectivity index (χ0) is 34.7. The van der Waals surface area contributed by atoms with E-state index >= 15 is 0 Å². The van der Waals surface area contributed by atoms with Crippen LogP contribution < -0.4 is 45.0 Å². The average Bonchev–Trinajstić information content (AvgIpc) is 3.08. The molecule has 0 radical (unpaired) electrons. The normalized spacial score (nSPS) is 12.8. The molecule has 0 aliphatic carbocycles. The van der Waals surface area contributed by atoms with Crippen LogP contribution in [0.2, 0.25) is 0 Å². The number of likely N-dealkylation sites (N-methyl/N-ethyl adjacent to an activating group) is 1. The molecular formula is C31H53N17. The molecule has 262 valence electrons. The predicted octanol–water partition coefficient (Wildman–Crippen LogP) is 0.477. The standard InChI is InChI=1S/C31H53N17/c1-3-23-41-24(43-28(36)42-23)10-6-5-7-16-38-26(34)21-11-13-22(14-12-21)27(35)39-17-8-9-18-40-30-45-29(37)46-31(47-30)44-25(20-33)48(4-2)19-15-32/h11-14,25H,3-10,15-20,32-33H2,1-2H3,(H2,34,38)(H2,35,39)(H2,36,41,42,43)(H4,37,40,44,45,46,47). The van der Waals surface area contributed by atoms with Gasteiger partial charge in [-0.1, -0.05) is 44.5 Å². The summed E-state index contributed by atoms with van der Waals surface area (Å²) >= 11 is 0. The number of amidine groups is 2. The van der Waals surface area contributed by atoms with E-state index in [-0.39, 0.29) is 18.1 Å². The number of unbranched alkanes of at least 4 members (excludes halogenated alkanes) is 3. The molecule has 0 aliphatic heterocycles. The predicted molar refractivity (Wildman–Crippen MR) is 194 cm³/mol. The van der Waals surface area contributed by atoms with Gasteiger partial charge < -0.3 is 45.0 Å². The first-order valence-electron chi connectivity index (χ1n) is 16.6. The molecule has 14 N–H and O–H groups in total. The number of aryl methyl sites for hydroxylation is 2. The van der Waals surface area contributed by atoms with Gasteiger partial charge in [0.15, 0.2) is 0 Å². The molecule has 48 heavy (non-hydrogen) atoms. The lowest BCUT2D eigenvalue weighted by Crippen LogP contribution is -2.48. The monoisotopic (exact) mass is 663 g/mol. The molecule has 0 amide bonds. The van der Waals surface area contributed by atoms with E-state index in [1.807, 2.05) is 38.1 Å². The Hall–Kier alpha value is -4.74. The molecule has 2 aromatic heterocycles. The Morgan fingerprint density at radius 1 is 0.750 bits per heavy atom. The van der Waals surface area contributed by atoms with Crippen molar-refractivity contribution in [3.8, 4) is 0 Å². The number of benzene rings is 1. The topological polar surface area (TPSA) is 285 Å². The van der Waals surface area contributed by atoms with Gasteiger partial charge in [0.1, 0.15) is 23.3 Å². The van der Waals surface area contributed by atoms with E-state index in [1.54, 1.807) is 0 Å². The maximum atomic E-state index is 6.24. The van der Waals surface area contributed by atoms with Crippen molar-refractivity contribution < 1.29 is 0 Å². The number of nitrogen functional groups attached to an aromatic ring is 2. The Balaban J connectivity index is 1.37. The highest BCUT2D eigenvalue weighted by atomic mass is 15.3. The molecule has 0 aliphatic rings. The second-order valence-electron chi connectivity index (χ2n) is 11.1. The zero-order valence-corrected chi connectivity index (χ0v) is 28.3. The third-order valence-corrected chi connectivity index (χ3v) is 7.46. The van der Waals surface area contributed by atoms with Gasteiger partial charge in [-0.05, 0) is 32.2 Å². The number of rotatable bonds is 22. The minimum absolute atomic E-state index is 0.116. The fraction of sp³-hybridized carbons (Fsp3) is 0.548. The summed E-state index contributed by atoms with van der Waals surface area (Å²) in [6, 6.07) is 7.64. The molecule has 1 aromatic carbocycles. The summed E-state index contributed by atoms with van der Waals surface area (Å²) in [5, 5.41) is 6.43. The summed E-state index contributed by atoms with van der Waals surface area (Å²) in [5.74, 6) is 3.59. The minimum Gasteiger partial charge on any atom is -0.384 e. The van der Waals surface area contributed by atoms with Gasteiger partial charge in [0.05, 0.1) is 6.17 Å². The second kappa shape index (κ2) is 20.5. The fourth-order valence-electron chi connectivity index (χ4n) is 4.84. The van der Waals surface area contributed by atoms with Crippen LogP contribution in [-0.2, 0) is 12.8 Å². The van der Waals surface area contributed by atoms with E-state index in [4.69, 9.17) is 34.4 Å². The minimum atomic E-state index is -0.172. The van der Waals surface area contributed by atoms with Gasteiger partial charge >= 0.3 is 0 Å². The number of nitrogens with one attached hydrogen (secondary N) is 2. The molecule has 0 spiro atoms. The van der Waals surface area contributed by atoms with Crippen molar-refractivity contribution in [2.75, 3.05) is 67.9 Å². The Morgan fingerprint density at radius 2 is 1.35 bits per heavy atom. The maximum Gasteiger partial charge on any atom is 0.230 e. The SMILES string of the molecule is CCc1nc(N)nc(CCCCCN=C(N)c2ccc(C(N)=NCCCCNc3nc(N)nc(NC(CN)N(CC)CCN)n3)cc2)n1. The molecular weight excluding hydrogens is 610 g/mol. The van der Waals surface area contributed by atoms with Crippen LogP contribution in [0, 0.1) is 0 Å². The van der Waals surface area contributed by atoms with Crippen molar-refractivity contribution in [2.45, 2.75) is 65.0 Å². The first kappa shape index (κ1) is 37.7. The lowest BCUT2D eigenvalue weighted by atomic mass is 10.1. The van der Waals surface area contributed by atoms with Crippen molar-refractivity contribution in [1.29, 1.82) is 0 Å². The highest BCUT2D eigenvalue weighted by Gasteiger charge is 2.17. The molecule has 0 bridgehead atoms. The van der Waals surface area contributed by atoms with Crippen molar-refractivity contribution in [3.05, 3.63) is 47.0 Å². The van der Waals surface area contributed by atoms with Gasteiger partial charge in [0.2, 0.25) is 23.8 Å². The molecule has 1 unspecified atom stereocenters. The molecule has 3 aromatic rings.